The van der Waals surface area contributed by atoms with Gasteiger partial charge in [0.25, 0.3) is 0 Å². The Hall–Kier alpha value is -0.840. The zero-order chi connectivity index (χ0) is 14.4. The molecular formula is C16H28N2O2. The first-order valence-electron chi connectivity index (χ1n) is 7.73. The third kappa shape index (κ3) is 4.33. The van der Waals surface area contributed by atoms with E-state index in [4.69, 9.17) is 9.15 Å². The minimum atomic E-state index is 0.692. The SMILES string of the molecule is CCCNCc1cc(CN2CCC(COC)C2)c(C)o1. The van der Waals surface area contributed by atoms with Gasteiger partial charge in [0.1, 0.15) is 11.5 Å². The molecule has 1 fully saturated rings. The van der Waals surface area contributed by atoms with Crippen LogP contribution in [-0.2, 0) is 17.8 Å². The van der Waals surface area contributed by atoms with E-state index in [0.717, 1.165) is 50.7 Å². The first-order valence-corrected chi connectivity index (χ1v) is 7.73. The monoisotopic (exact) mass is 280 g/mol. The lowest BCUT2D eigenvalue weighted by Gasteiger charge is -2.15. The number of aryl methyl sites for hydroxylation is 1. The highest BCUT2D eigenvalue weighted by Crippen LogP contribution is 2.22. The molecule has 1 atom stereocenters. The van der Waals surface area contributed by atoms with Crippen LogP contribution in [0.25, 0.3) is 0 Å². The molecule has 1 saturated heterocycles. The van der Waals surface area contributed by atoms with Gasteiger partial charge >= 0.3 is 0 Å². The fourth-order valence-corrected chi connectivity index (χ4v) is 2.89. The van der Waals surface area contributed by atoms with E-state index in [9.17, 15) is 0 Å². The van der Waals surface area contributed by atoms with Crippen LogP contribution in [0.15, 0.2) is 10.5 Å². The summed E-state index contributed by atoms with van der Waals surface area (Å²) >= 11 is 0. The normalized spacial score (nSPS) is 19.9. The molecule has 1 unspecified atom stereocenters. The molecule has 0 amide bonds. The molecule has 1 aromatic heterocycles. The molecule has 0 aliphatic carbocycles. The largest absolute Gasteiger partial charge is 0.465 e. The summed E-state index contributed by atoms with van der Waals surface area (Å²) in [5.41, 5.74) is 1.33. The first kappa shape index (κ1) is 15.5. The summed E-state index contributed by atoms with van der Waals surface area (Å²) in [6.07, 6.45) is 2.40. The molecule has 0 bridgehead atoms. The zero-order valence-corrected chi connectivity index (χ0v) is 13.1. The topological polar surface area (TPSA) is 37.6 Å². The van der Waals surface area contributed by atoms with Crippen molar-refractivity contribution in [1.82, 2.24) is 10.2 Å². The van der Waals surface area contributed by atoms with Gasteiger partial charge in [0, 0.05) is 25.8 Å². The maximum Gasteiger partial charge on any atom is 0.118 e. The Bertz CT molecular complexity index is 403. The van der Waals surface area contributed by atoms with Crippen molar-refractivity contribution < 1.29 is 9.15 Å². The van der Waals surface area contributed by atoms with Crippen LogP contribution in [0.1, 0.15) is 36.8 Å². The number of nitrogens with one attached hydrogen (secondary N) is 1. The quantitative estimate of drug-likeness (QED) is 0.743. The van der Waals surface area contributed by atoms with Crippen molar-refractivity contribution >= 4 is 0 Å². The van der Waals surface area contributed by atoms with Gasteiger partial charge in [-0.2, -0.15) is 0 Å². The van der Waals surface area contributed by atoms with Crippen molar-refractivity contribution in [2.24, 2.45) is 5.92 Å². The van der Waals surface area contributed by atoms with Crippen LogP contribution in [0.5, 0.6) is 0 Å². The fourth-order valence-electron chi connectivity index (χ4n) is 2.89. The van der Waals surface area contributed by atoms with Gasteiger partial charge in [0.05, 0.1) is 13.2 Å². The molecule has 20 heavy (non-hydrogen) atoms. The van der Waals surface area contributed by atoms with Crippen molar-refractivity contribution in [3.63, 3.8) is 0 Å². The Morgan fingerprint density at radius 1 is 1.50 bits per heavy atom. The molecule has 2 rings (SSSR count). The molecule has 0 spiro atoms. The van der Waals surface area contributed by atoms with Gasteiger partial charge in [-0.3, -0.25) is 4.90 Å². The number of hydrogen-bond donors (Lipinski definition) is 1. The number of nitrogens with zero attached hydrogens (tertiary/aromatic N) is 1. The van der Waals surface area contributed by atoms with Gasteiger partial charge in [-0.1, -0.05) is 6.92 Å². The summed E-state index contributed by atoms with van der Waals surface area (Å²) in [5.74, 6) is 2.81. The van der Waals surface area contributed by atoms with Gasteiger partial charge in [0.15, 0.2) is 0 Å². The first-order chi connectivity index (χ1) is 9.72. The lowest BCUT2D eigenvalue weighted by Crippen LogP contribution is -2.21. The van der Waals surface area contributed by atoms with Crippen molar-refractivity contribution in [3.8, 4) is 0 Å². The molecule has 2 heterocycles. The van der Waals surface area contributed by atoms with Crippen LogP contribution in [0.2, 0.25) is 0 Å². The minimum absolute atomic E-state index is 0.692. The van der Waals surface area contributed by atoms with Crippen LogP contribution in [-0.4, -0.2) is 38.3 Å². The van der Waals surface area contributed by atoms with E-state index in [-0.39, 0.29) is 0 Å². The van der Waals surface area contributed by atoms with Gasteiger partial charge in [-0.15, -0.1) is 0 Å². The highest BCUT2D eigenvalue weighted by molar-refractivity contribution is 5.21. The Labute approximate surface area is 122 Å². The van der Waals surface area contributed by atoms with Gasteiger partial charge < -0.3 is 14.5 Å². The van der Waals surface area contributed by atoms with Gasteiger partial charge in [-0.05, 0) is 44.8 Å². The number of likely N-dealkylation sites (tertiary alicyclic amines) is 1. The predicted molar refractivity (Wildman–Crippen MR) is 80.7 cm³/mol. The molecule has 1 aromatic rings. The summed E-state index contributed by atoms with van der Waals surface area (Å²) in [6.45, 7) is 10.3. The molecule has 0 saturated carbocycles. The minimum Gasteiger partial charge on any atom is -0.465 e. The second kappa shape index (κ2) is 7.81. The lowest BCUT2D eigenvalue weighted by atomic mass is 10.1. The number of furan rings is 1. The Kier molecular flexibility index (Phi) is 6.07. The molecule has 114 valence electrons. The highest BCUT2D eigenvalue weighted by Gasteiger charge is 2.23. The Morgan fingerprint density at radius 2 is 2.35 bits per heavy atom. The van der Waals surface area contributed by atoms with E-state index in [1.54, 1.807) is 7.11 Å². The smallest absolute Gasteiger partial charge is 0.118 e. The molecular weight excluding hydrogens is 252 g/mol. The van der Waals surface area contributed by atoms with Crippen molar-refractivity contribution in [1.29, 1.82) is 0 Å². The number of ether oxygens (including phenoxy) is 1. The molecule has 4 heteroatoms. The fraction of sp³-hybridized carbons (Fsp3) is 0.750. The van der Waals surface area contributed by atoms with E-state index < -0.39 is 0 Å². The van der Waals surface area contributed by atoms with Crippen molar-refractivity contribution in [2.75, 3.05) is 33.4 Å². The second-order valence-corrected chi connectivity index (χ2v) is 5.82. The molecule has 0 radical (unpaired) electrons. The molecule has 0 aromatic carbocycles. The third-order valence-electron chi connectivity index (χ3n) is 3.96. The van der Waals surface area contributed by atoms with Crippen LogP contribution in [0, 0.1) is 12.8 Å². The number of hydrogen-bond acceptors (Lipinski definition) is 4. The standard InChI is InChI=1S/C16H28N2O2/c1-4-6-17-9-16-8-15(13(2)20-16)11-18-7-5-14(10-18)12-19-3/h8,14,17H,4-7,9-12H2,1-3H3. The number of methoxy groups -OCH3 is 1. The average Bonchev–Trinajstić information content (AvgIpc) is 2.99. The Morgan fingerprint density at radius 3 is 3.10 bits per heavy atom. The van der Waals surface area contributed by atoms with E-state index in [1.165, 1.54) is 18.5 Å². The molecule has 1 aliphatic rings. The van der Waals surface area contributed by atoms with Crippen LogP contribution in [0.4, 0.5) is 0 Å². The summed E-state index contributed by atoms with van der Waals surface area (Å²) in [4.78, 5) is 2.50. The molecule has 1 aliphatic heterocycles. The maximum absolute atomic E-state index is 5.83. The summed E-state index contributed by atoms with van der Waals surface area (Å²) in [7, 11) is 1.79. The maximum atomic E-state index is 5.83. The second-order valence-electron chi connectivity index (χ2n) is 5.82. The van der Waals surface area contributed by atoms with E-state index in [1.807, 2.05) is 0 Å². The third-order valence-corrected chi connectivity index (χ3v) is 3.96. The summed E-state index contributed by atoms with van der Waals surface area (Å²) < 4.78 is 11.1. The zero-order valence-electron chi connectivity index (χ0n) is 13.1. The lowest BCUT2D eigenvalue weighted by molar-refractivity contribution is 0.152. The average molecular weight is 280 g/mol. The number of rotatable bonds is 8. The van der Waals surface area contributed by atoms with Gasteiger partial charge in [-0.25, -0.2) is 0 Å². The van der Waals surface area contributed by atoms with Crippen LogP contribution < -0.4 is 5.32 Å². The van der Waals surface area contributed by atoms with Gasteiger partial charge in [0.2, 0.25) is 0 Å². The summed E-state index contributed by atoms with van der Waals surface area (Å²) in [5, 5.41) is 3.39. The predicted octanol–water partition coefficient (Wildman–Crippen LogP) is 2.56. The van der Waals surface area contributed by atoms with Crippen molar-refractivity contribution in [2.45, 2.75) is 39.8 Å². The van der Waals surface area contributed by atoms with Crippen LogP contribution in [0.3, 0.4) is 0 Å². The highest BCUT2D eigenvalue weighted by atomic mass is 16.5. The molecule has 4 nitrogen and oxygen atoms in total. The van der Waals surface area contributed by atoms with E-state index in [2.05, 4.69) is 30.1 Å². The van der Waals surface area contributed by atoms with E-state index in [0.29, 0.717) is 5.92 Å². The Balaban J connectivity index is 1.83. The van der Waals surface area contributed by atoms with Crippen LogP contribution >= 0.6 is 0 Å². The van der Waals surface area contributed by atoms with E-state index >= 15 is 0 Å². The molecule has 1 N–H and O–H groups in total. The summed E-state index contributed by atoms with van der Waals surface area (Å²) in [6, 6.07) is 2.21. The van der Waals surface area contributed by atoms with Crippen molar-refractivity contribution in [3.05, 3.63) is 23.2 Å².